The lowest BCUT2D eigenvalue weighted by atomic mass is 10.1. The molecule has 0 N–H and O–H groups in total. The molecule has 0 radical (unpaired) electrons. The molecule has 0 unspecified atom stereocenters. The van der Waals surface area contributed by atoms with Crippen molar-refractivity contribution in [1.29, 1.82) is 0 Å². The van der Waals surface area contributed by atoms with Crippen LogP contribution < -0.4 is 4.74 Å². The van der Waals surface area contributed by atoms with Gasteiger partial charge < -0.3 is 4.74 Å². The summed E-state index contributed by atoms with van der Waals surface area (Å²) in [5.41, 5.74) is 4.18. The molecule has 1 aromatic carbocycles. The third kappa shape index (κ3) is 1.63. The van der Waals surface area contributed by atoms with Crippen molar-refractivity contribution in [2.24, 2.45) is 0 Å². The molecule has 0 bridgehead atoms. The van der Waals surface area contributed by atoms with Gasteiger partial charge in [-0.3, -0.25) is 4.98 Å². The Morgan fingerprint density at radius 1 is 1.36 bits per heavy atom. The van der Waals surface area contributed by atoms with Gasteiger partial charge in [-0.2, -0.15) is 0 Å². The summed E-state index contributed by atoms with van der Waals surface area (Å²) in [5.74, 6) is 0.903. The van der Waals surface area contributed by atoms with E-state index in [1.165, 1.54) is 5.56 Å². The fraction of sp³-hybridized carbons (Fsp3) is 0.182. The van der Waals surface area contributed by atoms with Gasteiger partial charge in [0.25, 0.3) is 0 Å². The second-order valence-electron chi connectivity index (χ2n) is 3.07. The number of aromatic nitrogens is 1. The van der Waals surface area contributed by atoms with Crippen molar-refractivity contribution in [3.8, 4) is 16.2 Å². The average molecular weight is 205 g/mol. The van der Waals surface area contributed by atoms with Gasteiger partial charge in [-0.25, -0.2) is 0 Å². The van der Waals surface area contributed by atoms with Crippen molar-refractivity contribution in [3.63, 3.8) is 0 Å². The molecule has 0 fully saturated rings. The average Bonchev–Trinajstić information content (AvgIpc) is 2.70. The Balaban J connectivity index is 2.55. The number of hydrogen-bond donors (Lipinski definition) is 0. The molecule has 1 heterocycles. The molecule has 0 saturated heterocycles. The van der Waals surface area contributed by atoms with E-state index in [1.54, 1.807) is 18.4 Å². The number of aryl methyl sites for hydroxylation is 1. The molecule has 1 aromatic heterocycles. The Morgan fingerprint density at radius 3 is 2.86 bits per heavy atom. The second-order valence-corrected chi connectivity index (χ2v) is 3.96. The Hall–Kier alpha value is -1.35. The molecule has 2 aromatic rings. The summed E-state index contributed by atoms with van der Waals surface area (Å²) >= 11 is 1.62. The largest absolute Gasteiger partial charge is 0.496 e. The number of methoxy groups -OCH3 is 1. The van der Waals surface area contributed by atoms with Crippen LogP contribution in [0.3, 0.4) is 0 Å². The van der Waals surface area contributed by atoms with Gasteiger partial charge in [-0.1, -0.05) is 11.6 Å². The first-order valence-corrected chi connectivity index (χ1v) is 5.22. The first kappa shape index (κ1) is 9.21. The lowest BCUT2D eigenvalue weighted by Gasteiger charge is -2.06. The summed E-state index contributed by atoms with van der Waals surface area (Å²) in [5, 5.41) is 0. The van der Waals surface area contributed by atoms with E-state index in [-0.39, 0.29) is 0 Å². The van der Waals surface area contributed by atoms with Crippen molar-refractivity contribution in [3.05, 3.63) is 35.5 Å². The molecule has 0 aliphatic heterocycles. The van der Waals surface area contributed by atoms with Gasteiger partial charge in [0.15, 0.2) is 0 Å². The van der Waals surface area contributed by atoms with E-state index in [4.69, 9.17) is 4.74 Å². The first-order valence-electron chi connectivity index (χ1n) is 4.35. The van der Waals surface area contributed by atoms with E-state index in [0.717, 1.165) is 16.2 Å². The second kappa shape index (κ2) is 3.80. The highest BCUT2D eigenvalue weighted by Gasteiger charge is 2.06. The highest BCUT2D eigenvalue weighted by molar-refractivity contribution is 7.13. The molecule has 0 saturated carbocycles. The topological polar surface area (TPSA) is 22.1 Å². The van der Waals surface area contributed by atoms with Crippen LogP contribution in [0, 0.1) is 6.92 Å². The first-order chi connectivity index (χ1) is 6.81. The van der Waals surface area contributed by atoms with Gasteiger partial charge in [-0.05, 0) is 19.1 Å². The lowest BCUT2D eigenvalue weighted by molar-refractivity contribution is 0.416. The molecule has 0 aliphatic rings. The van der Waals surface area contributed by atoms with Crippen LogP contribution in [0.15, 0.2) is 29.9 Å². The van der Waals surface area contributed by atoms with E-state index < -0.39 is 0 Å². The molecule has 0 aliphatic carbocycles. The Morgan fingerprint density at radius 2 is 2.21 bits per heavy atom. The van der Waals surface area contributed by atoms with Gasteiger partial charge in [0.2, 0.25) is 0 Å². The van der Waals surface area contributed by atoms with Crippen LogP contribution in [0.5, 0.6) is 5.75 Å². The standard InChI is InChI=1S/C11H11NOS/c1-8-3-4-10(13-2)9(5-8)11-6-12-7-14-11/h3-7H,1-2H3. The summed E-state index contributed by atoms with van der Waals surface area (Å²) in [4.78, 5) is 5.21. The van der Waals surface area contributed by atoms with Crippen LogP contribution in [0.2, 0.25) is 0 Å². The highest BCUT2D eigenvalue weighted by atomic mass is 32.1. The van der Waals surface area contributed by atoms with Gasteiger partial charge in [0.05, 0.1) is 17.5 Å². The lowest BCUT2D eigenvalue weighted by Crippen LogP contribution is -1.87. The van der Waals surface area contributed by atoms with Gasteiger partial charge in [-0.15, -0.1) is 11.3 Å². The molecular weight excluding hydrogens is 194 g/mol. The molecule has 0 amide bonds. The monoisotopic (exact) mass is 205 g/mol. The summed E-state index contributed by atoms with van der Waals surface area (Å²) in [6.07, 6.45) is 1.86. The molecule has 3 heteroatoms. The minimum absolute atomic E-state index is 0.903. The predicted octanol–water partition coefficient (Wildman–Crippen LogP) is 3.13. The smallest absolute Gasteiger partial charge is 0.127 e. The van der Waals surface area contributed by atoms with Crippen LogP contribution in [-0.2, 0) is 0 Å². The Labute approximate surface area is 87.2 Å². The maximum Gasteiger partial charge on any atom is 0.127 e. The van der Waals surface area contributed by atoms with Crippen molar-refractivity contribution in [2.75, 3.05) is 7.11 Å². The third-order valence-corrected chi connectivity index (χ3v) is 2.86. The number of nitrogens with zero attached hydrogens (tertiary/aromatic N) is 1. The Bertz CT molecular complexity index is 423. The SMILES string of the molecule is COc1ccc(C)cc1-c1cncs1. The van der Waals surface area contributed by atoms with Crippen LogP contribution in [0.25, 0.3) is 10.4 Å². The zero-order chi connectivity index (χ0) is 9.97. The van der Waals surface area contributed by atoms with Crippen LogP contribution in [-0.4, -0.2) is 12.1 Å². The summed E-state index contributed by atoms with van der Waals surface area (Å²) in [6, 6.07) is 6.15. The fourth-order valence-electron chi connectivity index (χ4n) is 1.36. The van der Waals surface area contributed by atoms with Crippen LogP contribution >= 0.6 is 11.3 Å². The predicted molar refractivity (Wildman–Crippen MR) is 58.8 cm³/mol. The van der Waals surface area contributed by atoms with E-state index in [9.17, 15) is 0 Å². The van der Waals surface area contributed by atoms with Crippen molar-refractivity contribution >= 4 is 11.3 Å². The minimum atomic E-state index is 0.903. The molecule has 0 atom stereocenters. The summed E-state index contributed by atoms with van der Waals surface area (Å²) in [7, 11) is 1.69. The molecule has 0 spiro atoms. The number of benzene rings is 1. The maximum atomic E-state index is 5.30. The molecular formula is C11H11NOS. The number of thiazole rings is 1. The minimum Gasteiger partial charge on any atom is -0.496 e. The van der Waals surface area contributed by atoms with Crippen molar-refractivity contribution < 1.29 is 4.74 Å². The summed E-state index contributed by atoms with van der Waals surface area (Å²) < 4.78 is 5.30. The molecule has 2 rings (SSSR count). The van der Waals surface area contributed by atoms with Crippen LogP contribution in [0.4, 0.5) is 0 Å². The number of rotatable bonds is 2. The van der Waals surface area contributed by atoms with E-state index in [0.29, 0.717) is 0 Å². The Kier molecular flexibility index (Phi) is 2.50. The number of ether oxygens (including phenoxy) is 1. The molecule has 2 nitrogen and oxygen atoms in total. The summed E-state index contributed by atoms with van der Waals surface area (Å²) in [6.45, 7) is 2.07. The zero-order valence-electron chi connectivity index (χ0n) is 8.15. The molecule has 14 heavy (non-hydrogen) atoms. The molecule has 72 valence electrons. The number of hydrogen-bond acceptors (Lipinski definition) is 3. The van der Waals surface area contributed by atoms with Crippen molar-refractivity contribution in [1.82, 2.24) is 4.98 Å². The van der Waals surface area contributed by atoms with Gasteiger partial charge in [0.1, 0.15) is 5.75 Å². The van der Waals surface area contributed by atoms with E-state index >= 15 is 0 Å². The third-order valence-electron chi connectivity index (χ3n) is 2.05. The van der Waals surface area contributed by atoms with Crippen molar-refractivity contribution in [2.45, 2.75) is 6.92 Å². The quantitative estimate of drug-likeness (QED) is 0.751. The van der Waals surface area contributed by atoms with E-state index in [1.807, 2.05) is 23.8 Å². The van der Waals surface area contributed by atoms with E-state index in [2.05, 4.69) is 18.0 Å². The highest BCUT2D eigenvalue weighted by Crippen LogP contribution is 2.32. The van der Waals surface area contributed by atoms with Gasteiger partial charge in [0, 0.05) is 11.8 Å². The van der Waals surface area contributed by atoms with Crippen LogP contribution in [0.1, 0.15) is 5.56 Å². The normalized spacial score (nSPS) is 10.1. The fourth-order valence-corrected chi connectivity index (χ4v) is 2.01. The maximum absolute atomic E-state index is 5.30. The zero-order valence-corrected chi connectivity index (χ0v) is 8.97. The van der Waals surface area contributed by atoms with Gasteiger partial charge >= 0.3 is 0 Å².